The van der Waals surface area contributed by atoms with Crippen molar-refractivity contribution in [2.75, 3.05) is 18.0 Å². The van der Waals surface area contributed by atoms with Crippen molar-refractivity contribution >= 4 is 17.5 Å². The van der Waals surface area contributed by atoms with Gasteiger partial charge in [-0.2, -0.15) is 0 Å². The smallest absolute Gasteiger partial charge is 0.259 e. The second-order valence-corrected chi connectivity index (χ2v) is 6.76. The predicted molar refractivity (Wildman–Crippen MR) is 97.8 cm³/mol. The summed E-state index contributed by atoms with van der Waals surface area (Å²) in [6, 6.07) is 9.59. The van der Waals surface area contributed by atoms with Crippen LogP contribution in [0, 0.1) is 5.92 Å². The molecule has 5 nitrogen and oxygen atoms in total. The molecule has 0 fully saturated rings. The van der Waals surface area contributed by atoms with Gasteiger partial charge < -0.3 is 10.2 Å². The van der Waals surface area contributed by atoms with Crippen LogP contribution in [-0.2, 0) is 6.42 Å². The molecule has 1 aromatic carbocycles. The molecule has 1 aromatic heterocycles. The van der Waals surface area contributed by atoms with Gasteiger partial charge in [-0.1, -0.05) is 32.0 Å². The Morgan fingerprint density at radius 1 is 1.20 bits per heavy atom. The Labute approximate surface area is 148 Å². The minimum Gasteiger partial charge on any atom is -0.352 e. The number of para-hydroxylation sites is 1. The molecule has 0 atom stereocenters. The molecule has 2 amide bonds. The SMILES string of the molecule is CC(C)CNC(=O)c1cncc(C(=O)N2CCCc3ccccc32)c1. The molecular formula is C20H23N3O2. The fourth-order valence-corrected chi connectivity index (χ4v) is 2.98. The third-order valence-electron chi connectivity index (χ3n) is 4.27. The summed E-state index contributed by atoms with van der Waals surface area (Å²) >= 11 is 0. The van der Waals surface area contributed by atoms with Gasteiger partial charge in [0.2, 0.25) is 0 Å². The standard InChI is InChI=1S/C20H23N3O2/c1-14(2)11-22-19(24)16-10-17(13-21-12-16)20(25)23-9-5-7-15-6-3-4-8-18(15)23/h3-4,6,8,10,12-14H,5,7,9,11H2,1-2H3,(H,22,24). The molecule has 2 heterocycles. The largest absolute Gasteiger partial charge is 0.352 e. The van der Waals surface area contributed by atoms with Gasteiger partial charge in [-0.3, -0.25) is 14.6 Å². The lowest BCUT2D eigenvalue weighted by Gasteiger charge is -2.29. The second-order valence-electron chi connectivity index (χ2n) is 6.76. The lowest BCUT2D eigenvalue weighted by Crippen LogP contribution is -2.35. The number of anilines is 1. The molecule has 0 unspecified atom stereocenters. The molecule has 0 bridgehead atoms. The maximum atomic E-state index is 13.0. The van der Waals surface area contributed by atoms with Gasteiger partial charge in [-0.25, -0.2) is 0 Å². The number of hydrogen-bond acceptors (Lipinski definition) is 3. The first-order valence-electron chi connectivity index (χ1n) is 8.69. The maximum Gasteiger partial charge on any atom is 0.259 e. The minimum absolute atomic E-state index is 0.113. The molecule has 2 aromatic rings. The number of carbonyl (C=O) groups is 2. The van der Waals surface area contributed by atoms with Gasteiger partial charge in [-0.05, 0) is 36.5 Å². The zero-order valence-corrected chi connectivity index (χ0v) is 14.7. The summed E-state index contributed by atoms with van der Waals surface area (Å²) < 4.78 is 0. The normalized spacial score (nSPS) is 13.5. The van der Waals surface area contributed by atoms with Crippen LogP contribution in [0.4, 0.5) is 5.69 Å². The fraction of sp³-hybridized carbons (Fsp3) is 0.350. The summed E-state index contributed by atoms with van der Waals surface area (Å²) in [5, 5.41) is 2.86. The molecule has 1 aliphatic rings. The number of benzene rings is 1. The van der Waals surface area contributed by atoms with Gasteiger partial charge in [0, 0.05) is 31.2 Å². The van der Waals surface area contributed by atoms with Gasteiger partial charge in [-0.15, -0.1) is 0 Å². The number of aromatic nitrogens is 1. The van der Waals surface area contributed by atoms with E-state index in [1.54, 1.807) is 11.0 Å². The number of amides is 2. The third kappa shape index (κ3) is 3.87. The number of pyridine rings is 1. The maximum absolute atomic E-state index is 13.0. The molecule has 130 valence electrons. The van der Waals surface area contributed by atoms with E-state index in [4.69, 9.17) is 0 Å². The van der Waals surface area contributed by atoms with Crippen molar-refractivity contribution in [1.29, 1.82) is 0 Å². The summed E-state index contributed by atoms with van der Waals surface area (Å²) in [5.74, 6) is 0.0552. The molecule has 3 rings (SSSR count). The summed E-state index contributed by atoms with van der Waals surface area (Å²) in [7, 11) is 0. The Hall–Kier alpha value is -2.69. The van der Waals surface area contributed by atoms with Crippen LogP contribution < -0.4 is 10.2 Å². The van der Waals surface area contributed by atoms with E-state index >= 15 is 0 Å². The van der Waals surface area contributed by atoms with Crippen LogP contribution in [0.15, 0.2) is 42.7 Å². The van der Waals surface area contributed by atoms with E-state index < -0.39 is 0 Å². The molecule has 1 aliphatic heterocycles. The van der Waals surface area contributed by atoms with Crippen molar-refractivity contribution in [2.24, 2.45) is 5.92 Å². The quantitative estimate of drug-likeness (QED) is 0.933. The number of carbonyl (C=O) groups excluding carboxylic acids is 2. The highest BCUT2D eigenvalue weighted by molar-refractivity contribution is 6.08. The predicted octanol–water partition coefficient (Wildman–Crippen LogP) is 3.06. The Morgan fingerprint density at radius 3 is 2.76 bits per heavy atom. The van der Waals surface area contributed by atoms with E-state index in [1.165, 1.54) is 18.0 Å². The average Bonchev–Trinajstić information content (AvgIpc) is 2.65. The van der Waals surface area contributed by atoms with Crippen molar-refractivity contribution in [1.82, 2.24) is 10.3 Å². The molecule has 25 heavy (non-hydrogen) atoms. The number of hydrogen-bond donors (Lipinski definition) is 1. The zero-order chi connectivity index (χ0) is 17.8. The molecular weight excluding hydrogens is 314 g/mol. The Balaban J connectivity index is 1.82. The topological polar surface area (TPSA) is 62.3 Å². The van der Waals surface area contributed by atoms with Gasteiger partial charge in [0.15, 0.2) is 0 Å². The Kier molecular flexibility index (Phi) is 5.12. The van der Waals surface area contributed by atoms with Gasteiger partial charge in [0.25, 0.3) is 11.8 Å². The van der Waals surface area contributed by atoms with Crippen LogP contribution in [0.25, 0.3) is 0 Å². The van der Waals surface area contributed by atoms with Crippen molar-refractivity contribution in [3.8, 4) is 0 Å². The summed E-state index contributed by atoms with van der Waals surface area (Å²) in [4.78, 5) is 31.1. The van der Waals surface area contributed by atoms with E-state index in [2.05, 4.69) is 16.4 Å². The first kappa shape index (κ1) is 17.1. The molecule has 0 spiro atoms. The van der Waals surface area contributed by atoms with E-state index in [1.807, 2.05) is 32.0 Å². The highest BCUT2D eigenvalue weighted by Crippen LogP contribution is 2.28. The fourth-order valence-electron chi connectivity index (χ4n) is 2.98. The third-order valence-corrected chi connectivity index (χ3v) is 4.27. The van der Waals surface area contributed by atoms with Crippen LogP contribution in [0.2, 0.25) is 0 Å². The number of nitrogens with one attached hydrogen (secondary N) is 1. The van der Waals surface area contributed by atoms with Gasteiger partial charge in [0.05, 0.1) is 11.1 Å². The molecule has 0 saturated heterocycles. The van der Waals surface area contributed by atoms with Crippen LogP contribution in [0.5, 0.6) is 0 Å². The summed E-state index contributed by atoms with van der Waals surface area (Å²) in [5.41, 5.74) is 2.99. The summed E-state index contributed by atoms with van der Waals surface area (Å²) in [6.07, 6.45) is 4.94. The monoisotopic (exact) mass is 337 g/mol. The highest BCUT2D eigenvalue weighted by atomic mass is 16.2. The van der Waals surface area contributed by atoms with Crippen molar-refractivity contribution in [3.63, 3.8) is 0 Å². The number of nitrogens with zero attached hydrogens (tertiary/aromatic N) is 2. The van der Waals surface area contributed by atoms with E-state index in [0.717, 1.165) is 18.5 Å². The zero-order valence-electron chi connectivity index (χ0n) is 14.7. The van der Waals surface area contributed by atoms with Crippen molar-refractivity contribution < 1.29 is 9.59 Å². The van der Waals surface area contributed by atoms with E-state index in [-0.39, 0.29) is 11.8 Å². The lowest BCUT2D eigenvalue weighted by molar-refractivity contribution is 0.0948. The average molecular weight is 337 g/mol. The van der Waals surface area contributed by atoms with E-state index in [0.29, 0.717) is 30.1 Å². The van der Waals surface area contributed by atoms with Crippen LogP contribution in [0.1, 0.15) is 46.5 Å². The molecule has 0 radical (unpaired) electrons. The molecule has 0 saturated carbocycles. The summed E-state index contributed by atoms with van der Waals surface area (Å²) in [6.45, 7) is 5.34. The number of aryl methyl sites for hydroxylation is 1. The van der Waals surface area contributed by atoms with Crippen LogP contribution in [-0.4, -0.2) is 29.9 Å². The Morgan fingerprint density at radius 2 is 1.96 bits per heavy atom. The van der Waals surface area contributed by atoms with E-state index in [9.17, 15) is 9.59 Å². The van der Waals surface area contributed by atoms with Crippen LogP contribution >= 0.6 is 0 Å². The van der Waals surface area contributed by atoms with Crippen molar-refractivity contribution in [3.05, 3.63) is 59.4 Å². The second kappa shape index (κ2) is 7.47. The first-order chi connectivity index (χ1) is 12.1. The van der Waals surface area contributed by atoms with Gasteiger partial charge >= 0.3 is 0 Å². The molecule has 1 N–H and O–H groups in total. The molecule has 5 heteroatoms. The Bertz CT molecular complexity index is 786. The first-order valence-corrected chi connectivity index (χ1v) is 8.69. The van der Waals surface area contributed by atoms with Crippen molar-refractivity contribution in [2.45, 2.75) is 26.7 Å². The lowest BCUT2D eigenvalue weighted by atomic mass is 10.0. The molecule has 0 aliphatic carbocycles. The number of fused-ring (bicyclic) bond motifs is 1. The highest BCUT2D eigenvalue weighted by Gasteiger charge is 2.24. The minimum atomic E-state index is -0.199. The van der Waals surface area contributed by atoms with Crippen LogP contribution in [0.3, 0.4) is 0 Å². The van der Waals surface area contributed by atoms with Gasteiger partial charge in [0.1, 0.15) is 0 Å². The number of rotatable bonds is 4.